The largest absolute Gasteiger partial charge is 0.459 e. The predicted octanol–water partition coefficient (Wildman–Crippen LogP) is 1.35. The first-order chi connectivity index (χ1) is 7.57. The molecule has 1 aromatic rings. The Bertz CT molecular complexity index is 406. The lowest BCUT2D eigenvalue weighted by Crippen LogP contribution is -2.35. The zero-order valence-electron chi connectivity index (χ0n) is 9.07. The maximum absolute atomic E-state index is 13.3. The van der Waals surface area contributed by atoms with Crippen molar-refractivity contribution in [1.82, 2.24) is 0 Å². The number of para-hydroxylation sites is 1. The third kappa shape index (κ3) is 2.56. The van der Waals surface area contributed by atoms with Gasteiger partial charge in [-0.2, -0.15) is 0 Å². The number of hydrogen-bond acceptors (Lipinski definition) is 3. The van der Waals surface area contributed by atoms with Crippen molar-refractivity contribution in [2.45, 2.75) is 6.92 Å². The Labute approximate surface area is 92.6 Å². The van der Waals surface area contributed by atoms with Crippen LogP contribution >= 0.6 is 0 Å². The number of carbonyl (C=O) groups is 2. The number of halogens is 1. The number of amides is 1. The number of ether oxygens (including phenoxy) is 1. The van der Waals surface area contributed by atoms with Gasteiger partial charge in [0.1, 0.15) is 5.82 Å². The number of anilines is 1. The third-order valence-corrected chi connectivity index (χ3v) is 1.97. The number of likely N-dealkylation sites (N-methyl/N-ethyl adjacent to an activating group) is 1. The molecule has 0 aliphatic rings. The van der Waals surface area contributed by atoms with Crippen LogP contribution in [0.25, 0.3) is 0 Å². The summed E-state index contributed by atoms with van der Waals surface area (Å²) in [5.74, 6) is -2.46. The molecule has 1 aromatic carbocycles. The summed E-state index contributed by atoms with van der Waals surface area (Å²) in [6.45, 7) is 1.70. The lowest BCUT2D eigenvalue weighted by Gasteiger charge is -2.16. The molecule has 0 radical (unpaired) electrons. The number of carbonyl (C=O) groups excluding carboxylic acids is 2. The van der Waals surface area contributed by atoms with E-state index in [1.165, 1.54) is 25.2 Å². The summed E-state index contributed by atoms with van der Waals surface area (Å²) in [7, 11) is 1.32. The zero-order chi connectivity index (χ0) is 12.1. The molecule has 0 N–H and O–H groups in total. The number of benzene rings is 1. The highest BCUT2D eigenvalue weighted by Crippen LogP contribution is 2.17. The van der Waals surface area contributed by atoms with Gasteiger partial charge in [-0.05, 0) is 19.1 Å². The van der Waals surface area contributed by atoms with Crippen molar-refractivity contribution in [3.8, 4) is 0 Å². The van der Waals surface area contributed by atoms with Gasteiger partial charge in [0.25, 0.3) is 0 Å². The summed E-state index contributed by atoms with van der Waals surface area (Å²) in [5.41, 5.74) is 0.0422. The lowest BCUT2D eigenvalue weighted by molar-refractivity contribution is -0.153. The second-order valence-corrected chi connectivity index (χ2v) is 3.04. The molecule has 0 saturated carbocycles. The molecule has 0 aliphatic heterocycles. The van der Waals surface area contributed by atoms with Crippen LogP contribution in [0.2, 0.25) is 0 Å². The van der Waals surface area contributed by atoms with Gasteiger partial charge in [-0.25, -0.2) is 9.18 Å². The van der Waals surface area contributed by atoms with Crippen LogP contribution in [0.3, 0.4) is 0 Å². The number of rotatable bonds is 2. The molecule has 4 nitrogen and oxygen atoms in total. The number of hydrogen-bond donors (Lipinski definition) is 0. The first kappa shape index (κ1) is 12.2. The maximum Gasteiger partial charge on any atom is 0.397 e. The molecular weight excluding hydrogens is 213 g/mol. The average Bonchev–Trinajstić information content (AvgIpc) is 2.28. The van der Waals surface area contributed by atoms with E-state index in [1.807, 2.05) is 0 Å². The fraction of sp³-hybridized carbons (Fsp3) is 0.273. The van der Waals surface area contributed by atoms with Crippen LogP contribution in [0.4, 0.5) is 10.1 Å². The van der Waals surface area contributed by atoms with E-state index in [0.29, 0.717) is 0 Å². The van der Waals surface area contributed by atoms with E-state index in [4.69, 9.17) is 0 Å². The van der Waals surface area contributed by atoms with E-state index in [-0.39, 0.29) is 12.3 Å². The topological polar surface area (TPSA) is 46.6 Å². The summed E-state index contributed by atoms with van der Waals surface area (Å²) in [4.78, 5) is 23.5. The minimum atomic E-state index is -0.992. The first-order valence-electron chi connectivity index (χ1n) is 4.77. The summed E-state index contributed by atoms with van der Waals surface area (Å²) < 4.78 is 17.8. The van der Waals surface area contributed by atoms with Crippen molar-refractivity contribution >= 4 is 17.6 Å². The molecule has 0 unspecified atom stereocenters. The standard InChI is InChI=1S/C11H12FNO3/c1-3-16-11(15)10(14)13(2)9-7-5-4-6-8(9)12/h4-7H,3H2,1-2H3. The van der Waals surface area contributed by atoms with Crippen LogP contribution in [0.5, 0.6) is 0 Å². The second kappa shape index (κ2) is 5.25. The fourth-order valence-electron chi connectivity index (χ4n) is 1.16. The summed E-state index contributed by atoms with van der Waals surface area (Å²) in [6, 6.07) is 5.70. The van der Waals surface area contributed by atoms with Crippen molar-refractivity contribution in [2.24, 2.45) is 0 Å². The van der Waals surface area contributed by atoms with E-state index < -0.39 is 17.7 Å². The Kier molecular flexibility index (Phi) is 3.99. The molecule has 0 atom stereocenters. The van der Waals surface area contributed by atoms with Crippen LogP contribution in [0.15, 0.2) is 24.3 Å². The fourth-order valence-corrected chi connectivity index (χ4v) is 1.16. The Morgan fingerprint density at radius 1 is 1.38 bits per heavy atom. The van der Waals surface area contributed by atoms with Gasteiger partial charge in [0.2, 0.25) is 0 Å². The molecule has 0 saturated heterocycles. The van der Waals surface area contributed by atoms with Gasteiger partial charge in [-0.3, -0.25) is 4.79 Å². The van der Waals surface area contributed by atoms with Crippen LogP contribution < -0.4 is 4.90 Å². The van der Waals surface area contributed by atoms with E-state index in [9.17, 15) is 14.0 Å². The van der Waals surface area contributed by atoms with Gasteiger partial charge in [-0.15, -0.1) is 0 Å². The highest BCUT2D eigenvalue weighted by molar-refractivity contribution is 6.37. The molecule has 0 bridgehead atoms. The summed E-state index contributed by atoms with van der Waals surface area (Å²) in [5, 5.41) is 0. The van der Waals surface area contributed by atoms with Crippen LogP contribution in [-0.4, -0.2) is 25.5 Å². The summed E-state index contributed by atoms with van der Waals surface area (Å²) in [6.07, 6.45) is 0. The minimum Gasteiger partial charge on any atom is -0.459 e. The molecule has 1 amide bonds. The minimum absolute atomic E-state index is 0.0422. The van der Waals surface area contributed by atoms with E-state index >= 15 is 0 Å². The van der Waals surface area contributed by atoms with Crippen molar-refractivity contribution in [3.05, 3.63) is 30.1 Å². The van der Waals surface area contributed by atoms with Gasteiger partial charge in [0.15, 0.2) is 0 Å². The van der Waals surface area contributed by atoms with Gasteiger partial charge in [0.05, 0.1) is 12.3 Å². The molecule has 86 valence electrons. The van der Waals surface area contributed by atoms with Gasteiger partial charge < -0.3 is 9.64 Å². The number of esters is 1. The zero-order valence-corrected chi connectivity index (χ0v) is 9.07. The highest BCUT2D eigenvalue weighted by atomic mass is 19.1. The molecule has 0 fully saturated rings. The predicted molar refractivity (Wildman–Crippen MR) is 56.4 cm³/mol. The molecule has 16 heavy (non-hydrogen) atoms. The van der Waals surface area contributed by atoms with Crippen molar-refractivity contribution < 1.29 is 18.7 Å². The van der Waals surface area contributed by atoms with E-state index in [0.717, 1.165) is 4.90 Å². The molecule has 1 rings (SSSR count). The van der Waals surface area contributed by atoms with Crippen LogP contribution in [-0.2, 0) is 14.3 Å². The quantitative estimate of drug-likeness (QED) is 0.564. The van der Waals surface area contributed by atoms with Gasteiger partial charge >= 0.3 is 11.9 Å². The normalized spacial score (nSPS) is 9.69. The Hall–Kier alpha value is -1.91. The van der Waals surface area contributed by atoms with Crippen LogP contribution in [0, 0.1) is 5.82 Å². The van der Waals surface area contributed by atoms with Crippen LogP contribution in [0.1, 0.15) is 6.92 Å². The van der Waals surface area contributed by atoms with Crippen molar-refractivity contribution in [2.75, 3.05) is 18.6 Å². The molecule has 5 heteroatoms. The van der Waals surface area contributed by atoms with E-state index in [1.54, 1.807) is 13.0 Å². The molecular formula is C11H12FNO3. The molecule has 0 heterocycles. The SMILES string of the molecule is CCOC(=O)C(=O)N(C)c1ccccc1F. The van der Waals surface area contributed by atoms with Gasteiger partial charge in [0, 0.05) is 7.05 Å². The molecule has 0 spiro atoms. The third-order valence-electron chi connectivity index (χ3n) is 1.97. The molecule has 0 aliphatic carbocycles. The lowest BCUT2D eigenvalue weighted by atomic mass is 10.3. The molecule has 0 aromatic heterocycles. The Morgan fingerprint density at radius 3 is 2.56 bits per heavy atom. The smallest absolute Gasteiger partial charge is 0.397 e. The Balaban J connectivity index is 2.86. The highest BCUT2D eigenvalue weighted by Gasteiger charge is 2.22. The first-order valence-corrected chi connectivity index (χ1v) is 4.77. The monoisotopic (exact) mass is 225 g/mol. The van der Waals surface area contributed by atoms with Gasteiger partial charge in [-0.1, -0.05) is 12.1 Å². The maximum atomic E-state index is 13.3. The second-order valence-electron chi connectivity index (χ2n) is 3.04. The number of nitrogens with zero attached hydrogens (tertiary/aromatic N) is 1. The van der Waals surface area contributed by atoms with Crippen molar-refractivity contribution in [1.29, 1.82) is 0 Å². The summed E-state index contributed by atoms with van der Waals surface area (Å²) >= 11 is 0. The van der Waals surface area contributed by atoms with E-state index in [2.05, 4.69) is 4.74 Å². The average molecular weight is 225 g/mol. The van der Waals surface area contributed by atoms with Crippen molar-refractivity contribution in [3.63, 3.8) is 0 Å². The Morgan fingerprint density at radius 2 is 2.00 bits per heavy atom.